The van der Waals surface area contributed by atoms with Crippen molar-refractivity contribution in [2.75, 3.05) is 0 Å². The van der Waals surface area contributed by atoms with E-state index in [-0.39, 0.29) is 0 Å². The van der Waals surface area contributed by atoms with E-state index in [0.29, 0.717) is 0 Å². The van der Waals surface area contributed by atoms with Crippen LogP contribution in [0.5, 0.6) is 0 Å². The van der Waals surface area contributed by atoms with E-state index in [1.165, 1.54) is 11.3 Å². The van der Waals surface area contributed by atoms with Gasteiger partial charge in [0.2, 0.25) is 0 Å². The fraction of sp³-hybridized carbons (Fsp3) is 0.400. The van der Waals surface area contributed by atoms with Gasteiger partial charge in [-0.2, -0.15) is 5.10 Å². The lowest BCUT2D eigenvalue weighted by atomic mass is 10.2. The fourth-order valence-electron chi connectivity index (χ4n) is 2.07. The van der Waals surface area contributed by atoms with E-state index in [4.69, 9.17) is 0 Å². The number of fused-ring (bicyclic) bond motifs is 1. The van der Waals surface area contributed by atoms with Gasteiger partial charge in [0.25, 0.3) is 0 Å². The van der Waals surface area contributed by atoms with Crippen LogP contribution in [0.15, 0.2) is 18.7 Å². The van der Waals surface area contributed by atoms with E-state index >= 15 is 0 Å². The number of rotatable bonds is 2. The maximum atomic E-state index is 4.54. The van der Waals surface area contributed by atoms with Crippen LogP contribution in [0.25, 0.3) is 0 Å². The lowest BCUT2D eigenvalue weighted by molar-refractivity contribution is 0.641. The average molecular weight is 203 g/mol. The van der Waals surface area contributed by atoms with E-state index in [1.54, 1.807) is 6.20 Å². The molecule has 5 heteroatoms. The molecule has 5 nitrogen and oxygen atoms in total. The van der Waals surface area contributed by atoms with Gasteiger partial charge < -0.3 is 9.88 Å². The third-order valence-corrected chi connectivity index (χ3v) is 2.84. The summed E-state index contributed by atoms with van der Waals surface area (Å²) in [6.45, 7) is 2.68. The minimum Gasteiger partial charge on any atom is -0.331 e. The summed E-state index contributed by atoms with van der Waals surface area (Å²) in [6.07, 6.45) is 5.58. The van der Waals surface area contributed by atoms with E-state index in [1.807, 2.05) is 28.8 Å². The minimum atomic E-state index is 0.810. The molecule has 2 aromatic heterocycles. The largest absolute Gasteiger partial charge is 0.331 e. The zero-order valence-corrected chi connectivity index (χ0v) is 8.64. The monoisotopic (exact) mass is 203 g/mol. The molecule has 3 rings (SSSR count). The van der Waals surface area contributed by atoms with Crippen molar-refractivity contribution in [3.63, 3.8) is 0 Å². The zero-order chi connectivity index (χ0) is 10.3. The van der Waals surface area contributed by atoms with Gasteiger partial charge in [-0.3, -0.25) is 4.68 Å². The highest BCUT2D eigenvalue weighted by Gasteiger charge is 2.20. The van der Waals surface area contributed by atoms with Crippen molar-refractivity contribution in [2.24, 2.45) is 7.05 Å². The maximum Gasteiger partial charge on any atom is 0.0949 e. The van der Waals surface area contributed by atoms with Gasteiger partial charge in [0.1, 0.15) is 0 Å². The van der Waals surface area contributed by atoms with Crippen LogP contribution in [0.2, 0.25) is 0 Å². The summed E-state index contributed by atoms with van der Waals surface area (Å²) < 4.78 is 4.02. The SMILES string of the molecule is Cn1nc(Cn2ccnc2)c2c1CNC2. The Hall–Kier alpha value is -1.62. The predicted molar refractivity (Wildman–Crippen MR) is 55.1 cm³/mol. The summed E-state index contributed by atoms with van der Waals surface area (Å²) >= 11 is 0. The summed E-state index contributed by atoms with van der Waals surface area (Å²) in [5, 5.41) is 7.88. The van der Waals surface area contributed by atoms with Crippen LogP contribution in [-0.2, 0) is 26.7 Å². The van der Waals surface area contributed by atoms with Crippen molar-refractivity contribution in [1.82, 2.24) is 24.6 Å². The minimum absolute atomic E-state index is 0.810. The number of aryl methyl sites for hydroxylation is 1. The van der Waals surface area contributed by atoms with E-state index in [9.17, 15) is 0 Å². The number of hydrogen-bond donors (Lipinski definition) is 1. The van der Waals surface area contributed by atoms with Gasteiger partial charge in [-0.25, -0.2) is 4.98 Å². The standard InChI is InChI=1S/C10H13N5/c1-14-10-5-12-4-8(10)9(13-14)6-15-3-2-11-7-15/h2-3,7,12H,4-6H2,1H3. The van der Waals surface area contributed by atoms with Gasteiger partial charge >= 0.3 is 0 Å². The lowest BCUT2D eigenvalue weighted by Crippen LogP contribution is -2.08. The van der Waals surface area contributed by atoms with Crippen molar-refractivity contribution in [3.05, 3.63) is 35.7 Å². The molecule has 0 unspecified atom stereocenters. The van der Waals surface area contributed by atoms with Crippen molar-refractivity contribution in [2.45, 2.75) is 19.6 Å². The van der Waals surface area contributed by atoms with Gasteiger partial charge in [0.15, 0.2) is 0 Å². The number of nitrogens with one attached hydrogen (secondary N) is 1. The highest BCUT2D eigenvalue weighted by molar-refractivity contribution is 5.29. The topological polar surface area (TPSA) is 47.7 Å². The summed E-state index contributed by atoms with van der Waals surface area (Å²) in [4.78, 5) is 4.03. The smallest absolute Gasteiger partial charge is 0.0949 e. The highest BCUT2D eigenvalue weighted by atomic mass is 15.3. The van der Waals surface area contributed by atoms with Gasteiger partial charge in [-0.15, -0.1) is 0 Å². The molecule has 0 atom stereocenters. The van der Waals surface area contributed by atoms with E-state index < -0.39 is 0 Å². The Morgan fingerprint density at radius 2 is 2.40 bits per heavy atom. The van der Waals surface area contributed by atoms with E-state index in [0.717, 1.165) is 25.3 Å². The number of nitrogens with zero attached hydrogens (tertiary/aromatic N) is 4. The van der Waals surface area contributed by atoms with Crippen LogP contribution in [0.3, 0.4) is 0 Å². The average Bonchev–Trinajstić information content (AvgIpc) is 2.89. The summed E-state index contributed by atoms with van der Waals surface area (Å²) in [6, 6.07) is 0. The van der Waals surface area contributed by atoms with Crippen LogP contribution in [0, 0.1) is 0 Å². The Balaban J connectivity index is 1.96. The summed E-state index contributed by atoms with van der Waals surface area (Å²) in [5.74, 6) is 0. The quantitative estimate of drug-likeness (QED) is 0.762. The second kappa shape index (κ2) is 3.20. The predicted octanol–water partition coefficient (Wildman–Crippen LogP) is 0.268. The Kier molecular flexibility index (Phi) is 1.85. The van der Waals surface area contributed by atoms with Crippen molar-refractivity contribution in [1.29, 1.82) is 0 Å². The number of hydrogen-bond acceptors (Lipinski definition) is 3. The molecule has 0 aromatic carbocycles. The third kappa shape index (κ3) is 1.35. The van der Waals surface area contributed by atoms with Gasteiger partial charge in [0.05, 0.1) is 24.3 Å². The van der Waals surface area contributed by atoms with Crippen LogP contribution in [0.4, 0.5) is 0 Å². The molecular weight excluding hydrogens is 190 g/mol. The first-order valence-corrected chi connectivity index (χ1v) is 5.04. The molecule has 1 aliphatic heterocycles. The molecule has 0 fully saturated rings. The van der Waals surface area contributed by atoms with Crippen molar-refractivity contribution >= 4 is 0 Å². The molecule has 0 spiro atoms. The molecule has 1 N–H and O–H groups in total. The van der Waals surface area contributed by atoms with Crippen LogP contribution in [0.1, 0.15) is 17.0 Å². The molecule has 0 radical (unpaired) electrons. The Morgan fingerprint density at radius 3 is 3.20 bits per heavy atom. The van der Waals surface area contributed by atoms with E-state index in [2.05, 4.69) is 15.4 Å². The van der Waals surface area contributed by atoms with Gasteiger partial charge in [-0.1, -0.05) is 0 Å². The van der Waals surface area contributed by atoms with Crippen LogP contribution >= 0.6 is 0 Å². The van der Waals surface area contributed by atoms with Crippen molar-refractivity contribution < 1.29 is 0 Å². The Morgan fingerprint density at radius 1 is 1.47 bits per heavy atom. The molecule has 78 valence electrons. The number of imidazole rings is 1. The molecule has 0 bridgehead atoms. The van der Waals surface area contributed by atoms with Gasteiger partial charge in [0, 0.05) is 38.1 Å². The second-order valence-corrected chi connectivity index (χ2v) is 3.83. The molecule has 0 amide bonds. The summed E-state index contributed by atoms with van der Waals surface area (Å²) in [5.41, 5.74) is 3.81. The molecule has 0 saturated carbocycles. The second-order valence-electron chi connectivity index (χ2n) is 3.83. The first-order chi connectivity index (χ1) is 7.34. The van der Waals surface area contributed by atoms with Crippen LogP contribution < -0.4 is 5.32 Å². The van der Waals surface area contributed by atoms with Crippen molar-refractivity contribution in [3.8, 4) is 0 Å². The molecular formula is C10H13N5. The lowest BCUT2D eigenvalue weighted by Gasteiger charge is -2.00. The molecule has 0 saturated heterocycles. The Labute approximate surface area is 87.7 Å². The molecule has 15 heavy (non-hydrogen) atoms. The zero-order valence-electron chi connectivity index (χ0n) is 8.64. The summed E-state index contributed by atoms with van der Waals surface area (Å²) in [7, 11) is 2.00. The van der Waals surface area contributed by atoms with Gasteiger partial charge in [-0.05, 0) is 0 Å². The van der Waals surface area contributed by atoms with Crippen LogP contribution in [-0.4, -0.2) is 19.3 Å². The maximum absolute atomic E-state index is 4.54. The molecule has 2 aromatic rings. The first-order valence-electron chi connectivity index (χ1n) is 5.04. The normalized spacial score (nSPS) is 14.5. The Bertz CT molecular complexity index is 468. The molecule has 0 aliphatic carbocycles. The number of aromatic nitrogens is 4. The molecule has 1 aliphatic rings. The third-order valence-electron chi connectivity index (χ3n) is 2.84. The highest BCUT2D eigenvalue weighted by Crippen LogP contribution is 2.19. The molecule has 3 heterocycles. The first kappa shape index (κ1) is 8.67. The fourth-order valence-corrected chi connectivity index (χ4v) is 2.07.